The average Bonchev–Trinajstić information content (AvgIpc) is 2.33. The second-order valence-electron chi connectivity index (χ2n) is 4.38. The van der Waals surface area contributed by atoms with E-state index in [0.717, 1.165) is 12.1 Å². The third kappa shape index (κ3) is 2.53. The van der Waals surface area contributed by atoms with Crippen LogP contribution in [0.2, 0.25) is 0 Å². The Kier molecular flexibility index (Phi) is 3.54. The molecule has 0 bridgehead atoms. The predicted octanol–water partition coefficient (Wildman–Crippen LogP) is 1.25. The van der Waals surface area contributed by atoms with Gasteiger partial charge in [-0.15, -0.1) is 0 Å². The first kappa shape index (κ1) is 11.8. The lowest BCUT2D eigenvalue weighted by Gasteiger charge is -2.12. The zero-order valence-electron chi connectivity index (χ0n) is 10.2. The van der Waals surface area contributed by atoms with Gasteiger partial charge in [0.25, 0.3) is 5.56 Å². The fraction of sp³-hybridized carbons (Fsp3) is 0.385. The minimum atomic E-state index is 0.0403. The second kappa shape index (κ2) is 5.10. The van der Waals surface area contributed by atoms with Gasteiger partial charge in [-0.1, -0.05) is 19.1 Å². The predicted molar refractivity (Wildman–Crippen MR) is 69.1 cm³/mol. The van der Waals surface area contributed by atoms with Crippen LogP contribution in [-0.4, -0.2) is 23.1 Å². The lowest BCUT2D eigenvalue weighted by molar-refractivity contribution is 0.453. The summed E-state index contributed by atoms with van der Waals surface area (Å²) in [5.41, 5.74) is 0.800. The van der Waals surface area contributed by atoms with Gasteiger partial charge >= 0.3 is 0 Å². The van der Waals surface area contributed by atoms with Crippen molar-refractivity contribution in [2.45, 2.75) is 13.5 Å². The van der Waals surface area contributed by atoms with Crippen LogP contribution in [0.1, 0.15) is 6.92 Å². The Labute approximate surface area is 100 Å². The van der Waals surface area contributed by atoms with Crippen LogP contribution in [0.5, 0.6) is 0 Å². The van der Waals surface area contributed by atoms with E-state index in [2.05, 4.69) is 17.2 Å². The number of hydrogen-bond donors (Lipinski definition) is 1. The highest BCUT2D eigenvalue weighted by molar-refractivity contribution is 5.76. The quantitative estimate of drug-likeness (QED) is 0.861. The van der Waals surface area contributed by atoms with Gasteiger partial charge in [-0.3, -0.25) is 9.36 Å². The summed E-state index contributed by atoms with van der Waals surface area (Å²) in [6.45, 7) is 3.69. The van der Waals surface area contributed by atoms with Gasteiger partial charge in [-0.05, 0) is 31.6 Å². The first-order chi connectivity index (χ1) is 8.22. The van der Waals surface area contributed by atoms with Gasteiger partial charge in [-0.25, -0.2) is 4.98 Å². The van der Waals surface area contributed by atoms with Gasteiger partial charge in [0.05, 0.1) is 17.2 Å². The van der Waals surface area contributed by atoms with Crippen LogP contribution in [0.15, 0.2) is 35.4 Å². The van der Waals surface area contributed by atoms with E-state index < -0.39 is 0 Å². The molecule has 17 heavy (non-hydrogen) atoms. The maximum atomic E-state index is 12.2. The van der Waals surface area contributed by atoms with E-state index in [9.17, 15) is 4.79 Å². The van der Waals surface area contributed by atoms with E-state index in [0.29, 0.717) is 17.8 Å². The molecule has 0 aliphatic carbocycles. The largest absolute Gasteiger partial charge is 0.319 e. The molecule has 1 aromatic heterocycles. The summed E-state index contributed by atoms with van der Waals surface area (Å²) in [6.07, 6.45) is 1.64. The normalized spacial score (nSPS) is 12.8. The molecule has 4 heteroatoms. The van der Waals surface area contributed by atoms with Crippen LogP contribution < -0.4 is 10.9 Å². The lowest BCUT2D eigenvalue weighted by atomic mass is 10.2. The molecule has 0 saturated heterocycles. The minimum Gasteiger partial charge on any atom is -0.319 e. The van der Waals surface area contributed by atoms with Crippen molar-refractivity contribution in [2.24, 2.45) is 5.92 Å². The van der Waals surface area contributed by atoms with Crippen molar-refractivity contribution >= 4 is 10.9 Å². The van der Waals surface area contributed by atoms with Crippen LogP contribution in [-0.2, 0) is 6.54 Å². The van der Waals surface area contributed by atoms with E-state index in [-0.39, 0.29) is 5.56 Å². The number of nitrogens with zero attached hydrogens (tertiary/aromatic N) is 2. The molecule has 1 aromatic carbocycles. The van der Waals surface area contributed by atoms with Gasteiger partial charge in [0.2, 0.25) is 0 Å². The van der Waals surface area contributed by atoms with Crippen molar-refractivity contribution in [1.82, 2.24) is 14.9 Å². The van der Waals surface area contributed by atoms with E-state index in [4.69, 9.17) is 0 Å². The Morgan fingerprint density at radius 1 is 1.41 bits per heavy atom. The standard InChI is InChI=1S/C13H17N3O/c1-10(7-14-2)8-16-9-15-12-6-4-3-5-11(12)13(16)17/h3-6,9-10,14H,7-8H2,1-2H3. The number of benzene rings is 1. The first-order valence-corrected chi connectivity index (χ1v) is 5.81. The van der Waals surface area contributed by atoms with Crippen molar-refractivity contribution in [1.29, 1.82) is 0 Å². The highest BCUT2D eigenvalue weighted by atomic mass is 16.1. The maximum absolute atomic E-state index is 12.2. The SMILES string of the molecule is CNCC(C)Cn1cnc2ccccc2c1=O. The third-order valence-corrected chi connectivity index (χ3v) is 2.79. The number of rotatable bonds is 4. The van der Waals surface area contributed by atoms with E-state index in [1.165, 1.54) is 0 Å². The van der Waals surface area contributed by atoms with Crippen molar-refractivity contribution < 1.29 is 0 Å². The van der Waals surface area contributed by atoms with E-state index in [1.807, 2.05) is 31.3 Å². The highest BCUT2D eigenvalue weighted by Gasteiger charge is 2.06. The Morgan fingerprint density at radius 3 is 2.94 bits per heavy atom. The Balaban J connectivity index is 2.36. The fourth-order valence-corrected chi connectivity index (χ4v) is 1.98. The molecule has 1 atom stereocenters. The molecular weight excluding hydrogens is 214 g/mol. The van der Waals surface area contributed by atoms with Crippen molar-refractivity contribution in [3.8, 4) is 0 Å². The second-order valence-corrected chi connectivity index (χ2v) is 4.38. The van der Waals surface area contributed by atoms with Crippen LogP contribution >= 0.6 is 0 Å². The Bertz CT molecular complexity index is 562. The summed E-state index contributed by atoms with van der Waals surface area (Å²) in [4.78, 5) is 16.5. The molecule has 0 spiro atoms. The molecule has 0 fully saturated rings. The Hall–Kier alpha value is -1.68. The Morgan fingerprint density at radius 2 is 2.18 bits per heavy atom. The van der Waals surface area contributed by atoms with Crippen LogP contribution in [0.4, 0.5) is 0 Å². The number of fused-ring (bicyclic) bond motifs is 1. The molecule has 0 amide bonds. The number of hydrogen-bond acceptors (Lipinski definition) is 3. The topological polar surface area (TPSA) is 46.9 Å². The summed E-state index contributed by atoms with van der Waals surface area (Å²) in [5, 5.41) is 3.80. The van der Waals surface area contributed by atoms with Crippen LogP contribution in [0, 0.1) is 5.92 Å². The molecule has 1 heterocycles. The number of nitrogens with one attached hydrogen (secondary N) is 1. The molecule has 0 aliphatic rings. The molecule has 2 aromatic rings. The molecule has 0 saturated carbocycles. The molecule has 0 aliphatic heterocycles. The smallest absolute Gasteiger partial charge is 0.261 e. The monoisotopic (exact) mass is 231 g/mol. The molecule has 1 N–H and O–H groups in total. The molecule has 90 valence electrons. The van der Waals surface area contributed by atoms with Crippen LogP contribution in [0.3, 0.4) is 0 Å². The summed E-state index contributed by atoms with van der Waals surface area (Å²) in [6, 6.07) is 7.44. The van der Waals surface area contributed by atoms with Gasteiger partial charge in [0, 0.05) is 6.54 Å². The molecule has 2 rings (SSSR count). The van der Waals surface area contributed by atoms with E-state index in [1.54, 1.807) is 10.9 Å². The molecule has 4 nitrogen and oxygen atoms in total. The van der Waals surface area contributed by atoms with Gasteiger partial charge in [0.15, 0.2) is 0 Å². The average molecular weight is 231 g/mol. The first-order valence-electron chi connectivity index (χ1n) is 5.81. The van der Waals surface area contributed by atoms with Crippen molar-refractivity contribution in [2.75, 3.05) is 13.6 Å². The fourth-order valence-electron chi connectivity index (χ4n) is 1.98. The lowest BCUT2D eigenvalue weighted by Crippen LogP contribution is -2.27. The summed E-state index contributed by atoms with van der Waals surface area (Å²) in [5.74, 6) is 0.403. The summed E-state index contributed by atoms with van der Waals surface area (Å²) >= 11 is 0. The van der Waals surface area contributed by atoms with Crippen molar-refractivity contribution in [3.05, 3.63) is 40.9 Å². The van der Waals surface area contributed by atoms with Gasteiger partial charge < -0.3 is 5.32 Å². The molecular formula is C13H17N3O. The van der Waals surface area contributed by atoms with Gasteiger partial charge in [-0.2, -0.15) is 0 Å². The summed E-state index contributed by atoms with van der Waals surface area (Å²) in [7, 11) is 1.91. The molecule has 0 radical (unpaired) electrons. The highest BCUT2D eigenvalue weighted by Crippen LogP contribution is 2.05. The maximum Gasteiger partial charge on any atom is 0.261 e. The molecule has 1 unspecified atom stereocenters. The third-order valence-electron chi connectivity index (χ3n) is 2.79. The zero-order valence-corrected chi connectivity index (χ0v) is 10.2. The van der Waals surface area contributed by atoms with Crippen molar-refractivity contribution in [3.63, 3.8) is 0 Å². The van der Waals surface area contributed by atoms with E-state index >= 15 is 0 Å². The summed E-state index contributed by atoms with van der Waals surface area (Å²) < 4.78 is 1.68. The minimum absolute atomic E-state index is 0.0403. The van der Waals surface area contributed by atoms with Gasteiger partial charge in [0.1, 0.15) is 0 Å². The van der Waals surface area contributed by atoms with Crippen LogP contribution in [0.25, 0.3) is 10.9 Å². The zero-order chi connectivity index (χ0) is 12.3. The number of para-hydroxylation sites is 1. The number of aromatic nitrogens is 2.